The van der Waals surface area contributed by atoms with Crippen LogP contribution < -0.4 is 0 Å². The molecule has 1 saturated heterocycles. The number of nitro groups is 1. The van der Waals surface area contributed by atoms with Gasteiger partial charge in [0.25, 0.3) is 16.8 Å². The lowest BCUT2D eigenvalue weighted by Gasteiger charge is -2.12. The van der Waals surface area contributed by atoms with E-state index in [4.69, 9.17) is 0 Å². The molecule has 2 heterocycles. The van der Waals surface area contributed by atoms with Crippen molar-refractivity contribution < 1.29 is 14.5 Å². The highest BCUT2D eigenvalue weighted by Gasteiger charge is 2.35. The maximum Gasteiger partial charge on any atom is 0.293 e. The standard InChI is InChI=1S/C27H21N3O4S/c1-18-10-12-19(13-11-18)15-29-26(31)25(35-27(29)32)14-21-17-28(24-9-5-3-7-22(21)24)16-20-6-2-4-8-23(20)30(33)34/h2-14,17H,15-16H2,1H3/b25-14-. The lowest BCUT2D eigenvalue weighted by Crippen LogP contribution is -2.27. The van der Waals surface area contributed by atoms with Crippen LogP contribution in [0.4, 0.5) is 10.5 Å². The topological polar surface area (TPSA) is 85.4 Å². The van der Waals surface area contributed by atoms with Gasteiger partial charge in [-0.15, -0.1) is 0 Å². The van der Waals surface area contributed by atoms with Crippen molar-refractivity contribution >= 4 is 45.6 Å². The van der Waals surface area contributed by atoms with Crippen LogP contribution >= 0.6 is 11.8 Å². The van der Waals surface area contributed by atoms with E-state index in [1.165, 1.54) is 11.0 Å². The third kappa shape index (κ3) is 4.48. The number of imide groups is 1. The molecule has 7 nitrogen and oxygen atoms in total. The number of para-hydroxylation sites is 2. The number of amides is 2. The van der Waals surface area contributed by atoms with Crippen LogP contribution in [0.1, 0.15) is 22.3 Å². The predicted octanol–water partition coefficient (Wildman–Crippen LogP) is 6.14. The number of benzene rings is 3. The number of hydrogen-bond acceptors (Lipinski definition) is 5. The molecule has 174 valence electrons. The number of carbonyl (C=O) groups is 2. The van der Waals surface area contributed by atoms with Crippen molar-refractivity contribution in [1.29, 1.82) is 0 Å². The Balaban J connectivity index is 1.47. The van der Waals surface area contributed by atoms with Crippen molar-refractivity contribution in [3.63, 3.8) is 0 Å². The Morgan fingerprint density at radius 2 is 1.66 bits per heavy atom. The van der Waals surface area contributed by atoms with E-state index in [0.717, 1.165) is 39.4 Å². The zero-order valence-electron chi connectivity index (χ0n) is 18.9. The number of rotatable bonds is 6. The van der Waals surface area contributed by atoms with Gasteiger partial charge >= 0.3 is 0 Å². The molecule has 4 aromatic rings. The number of aromatic nitrogens is 1. The van der Waals surface area contributed by atoms with Crippen LogP contribution in [0.25, 0.3) is 17.0 Å². The molecule has 0 saturated carbocycles. The molecular weight excluding hydrogens is 462 g/mol. The molecule has 0 unspecified atom stereocenters. The van der Waals surface area contributed by atoms with Gasteiger partial charge < -0.3 is 4.57 Å². The molecule has 1 aliphatic rings. The second kappa shape index (κ2) is 9.23. The second-order valence-electron chi connectivity index (χ2n) is 8.37. The average molecular weight is 484 g/mol. The third-order valence-corrected chi connectivity index (χ3v) is 6.88. The number of thioether (sulfide) groups is 1. The maximum absolute atomic E-state index is 13.1. The van der Waals surface area contributed by atoms with E-state index in [0.29, 0.717) is 17.0 Å². The summed E-state index contributed by atoms with van der Waals surface area (Å²) in [7, 11) is 0. The number of nitro benzene ring substituents is 1. The Morgan fingerprint density at radius 1 is 0.943 bits per heavy atom. The van der Waals surface area contributed by atoms with Gasteiger partial charge in [-0.3, -0.25) is 24.6 Å². The van der Waals surface area contributed by atoms with E-state index in [1.54, 1.807) is 24.3 Å². The van der Waals surface area contributed by atoms with Crippen molar-refractivity contribution in [1.82, 2.24) is 9.47 Å². The van der Waals surface area contributed by atoms with Crippen molar-refractivity contribution in [3.05, 3.63) is 116 Å². The first kappa shape index (κ1) is 22.6. The molecule has 35 heavy (non-hydrogen) atoms. The monoisotopic (exact) mass is 483 g/mol. The third-order valence-electron chi connectivity index (χ3n) is 5.97. The van der Waals surface area contributed by atoms with Crippen molar-refractivity contribution in [2.45, 2.75) is 20.0 Å². The molecule has 2 amide bonds. The van der Waals surface area contributed by atoms with Gasteiger partial charge in [0.1, 0.15) is 0 Å². The molecule has 5 rings (SSSR count). The van der Waals surface area contributed by atoms with Gasteiger partial charge in [0.15, 0.2) is 0 Å². The minimum Gasteiger partial charge on any atom is -0.342 e. The lowest BCUT2D eigenvalue weighted by atomic mass is 10.1. The molecule has 3 aromatic carbocycles. The van der Waals surface area contributed by atoms with Crippen molar-refractivity contribution in [2.75, 3.05) is 0 Å². The van der Waals surface area contributed by atoms with E-state index >= 15 is 0 Å². The molecule has 0 bridgehead atoms. The van der Waals surface area contributed by atoms with Crippen LogP contribution in [0.3, 0.4) is 0 Å². The quantitative estimate of drug-likeness (QED) is 0.187. The average Bonchev–Trinajstić information content (AvgIpc) is 3.32. The summed E-state index contributed by atoms with van der Waals surface area (Å²) >= 11 is 0.927. The first-order chi connectivity index (χ1) is 16.9. The zero-order chi connectivity index (χ0) is 24.5. The largest absolute Gasteiger partial charge is 0.342 e. The summed E-state index contributed by atoms with van der Waals surface area (Å²) in [6.07, 6.45) is 3.60. The summed E-state index contributed by atoms with van der Waals surface area (Å²) in [4.78, 5) is 38.4. The minimum atomic E-state index is -0.383. The van der Waals surface area contributed by atoms with E-state index in [2.05, 4.69) is 0 Å². The summed E-state index contributed by atoms with van der Waals surface area (Å²) in [5, 5.41) is 12.1. The van der Waals surface area contributed by atoms with Gasteiger partial charge in [0.2, 0.25) is 0 Å². The Kier molecular flexibility index (Phi) is 5.96. The summed E-state index contributed by atoms with van der Waals surface area (Å²) in [6, 6.07) is 22.1. The summed E-state index contributed by atoms with van der Waals surface area (Å²) < 4.78 is 1.93. The first-order valence-corrected chi connectivity index (χ1v) is 11.8. The molecule has 0 spiro atoms. The fourth-order valence-electron chi connectivity index (χ4n) is 4.18. The molecular formula is C27H21N3O4S. The summed E-state index contributed by atoms with van der Waals surface area (Å²) in [6.45, 7) is 2.52. The van der Waals surface area contributed by atoms with Gasteiger partial charge in [0, 0.05) is 34.3 Å². The molecule has 8 heteroatoms. The Labute approximate surface area is 205 Å². The fraction of sp³-hybridized carbons (Fsp3) is 0.111. The molecule has 0 radical (unpaired) electrons. The highest BCUT2D eigenvalue weighted by molar-refractivity contribution is 8.18. The Morgan fingerprint density at radius 3 is 2.43 bits per heavy atom. The molecule has 0 aliphatic carbocycles. The predicted molar refractivity (Wildman–Crippen MR) is 137 cm³/mol. The van der Waals surface area contributed by atoms with Crippen LogP contribution in [0.15, 0.2) is 83.9 Å². The minimum absolute atomic E-state index is 0.0593. The molecule has 0 N–H and O–H groups in total. The van der Waals surface area contributed by atoms with Crippen molar-refractivity contribution in [2.24, 2.45) is 0 Å². The van der Waals surface area contributed by atoms with E-state index in [-0.39, 0.29) is 28.3 Å². The fourth-order valence-corrected chi connectivity index (χ4v) is 5.01. The zero-order valence-corrected chi connectivity index (χ0v) is 19.7. The number of aryl methyl sites for hydroxylation is 1. The van der Waals surface area contributed by atoms with Crippen LogP contribution in [0.5, 0.6) is 0 Å². The number of fused-ring (bicyclic) bond motifs is 1. The maximum atomic E-state index is 13.1. The second-order valence-corrected chi connectivity index (χ2v) is 9.36. The van der Waals surface area contributed by atoms with Crippen LogP contribution in [-0.2, 0) is 17.9 Å². The van der Waals surface area contributed by atoms with Gasteiger partial charge in [-0.1, -0.05) is 66.2 Å². The van der Waals surface area contributed by atoms with E-state index in [9.17, 15) is 19.7 Å². The number of carbonyl (C=O) groups excluding carboxylic acids is 2. The highest BCUT2D eigenvalue weighted by atomic mass is 32.2. The smallest absolute Gasteiger partial charge is 0.293 e. The van der Waals surface area contributed by atoms with Gasteiger partial charge in [-0.2, -0.15) is 0 Å². The van der Waals surface area contributed by atoms with Gasteiger partial charge in [0.05, 0.1) is 22.9 Å². The highest BCUT2D eigenvalue weighted by Crippen LogP contribution is 2.35. The Bertz CT molecular complexity index is 1500. The van der Waals surface area contributed by atoms with E-state index in [1.807, 2.05) is 66.2 Å². The molecule has 1 aromatic heterocycles. The normalized spacial score (nSPS) is 14.9. The number of nitrogens with zero attached hydrogens (tertiary/aromatic N) is 3. The van der Waals surface area contributed by atoms with E-state index < -0.39 is 0 Å². The molecule has 1 fully saturated rings. The van der Waals surface area contributed by atoms with Gasteiger partial charge in [-0.05, 0) is 36.4 Å². The molecule has 0 atom stereocenters. The van der Waals surface area contributed by atoms with Crippen LogP contribution in [0, 0.1) is 17.0 Å². The Hall–Kier alpha value is -4.17. The SMILES string of the molecule is Cc1ccc(CN2C(=O)S/C(=C\c3cn(Cc4ccccc4[N+](=O)[O-])c4ccccc34)C2=O)cc1. The van der Waals surface area contributed by atoms with Crippen molar-refractivity contribution in [3.8, 4) is 0 Å². The van der Waals surface area contributed by atoms with Crippen LogP contribution in [0.2, 0.25) is 0 Å². The summed E-state index contributed by atoms with van der Waals surface area (Å²) in [5.74, 6) is -0.323. The summed E-state index contributed by atoms with van der Waals surface area (Å²) in [5.41, 5.74) is 4.31. The lowest BCUT2D eigenvalue weighted by molar-refractivity contribution is -0.385. The van der Waals surface area contributed by atoms with Gasteiger partial charge in [-0.25, -0.2) is 0 Å². The first-order valence-electron chi connectivity index (χ1n) is 11.0. The van der Waals surface area contributed by atoms with Crippen LogP contribution in [-0.4, -0.2) is 25.5 Å². The number of hydrogen-bond donors (Lipinski definition) is 0. The molecule has 1 aliphatic heterocycles.